The minimum atomic E-state index is -1.14. The van der Waals surface area contributed by atoms with Gasteiger partial charge in [-0.15, -0.1) is 18.3 Å². The summed E-state index contributed by atoms with van der Waals surface area (Å²) in [5, 5.41) is 13.3. The summed E-state index contributed by atoms with van der Waals surface area (Å²) in [6.07, 6.45) is 1.48. The highest BCUT2D eigenvalue weighted by atomic mass is 32.2. The summed E-state index contributed by atoms with van der Waals surface area (Å²) in [6.45, 7) is 6.92. The van der Waals surface area contributed by atoms with E-state index < -0.39 is 28.7 Å². The predicted molar refractivity (Wildman–Crippen MR) is 73.9 cm³/mol. The van der Waals surface area contributed by atoms with Gasteiger partial charge in [0.05, 0.1) is 5.75 Å². The van der Waals surface area contributed by atoms with E-state index in [0.717, 1.165) is 11.8 Å². The van der Waals surface area contributed by atoms with E-state index >= 15 is 0 Å². The van der Waals surface area contributed by atoms with E-state index in [0.29, 0.717) is 0 Å². The van der Waals surface area contributed by atoms with E-state index in [9.17, 15) is 14.4 Å². The van der Waals surface area contributed by atoms with Crippen LogP contribution >= 0.6 is 11.8 Å². The molecule has 0 aromatic carbocycles. The standard InChI is InChI=1S/C11H19N3O4S/c1-4-5-13-10(18)14-7(15)6-19-11(2,3)8(12)9(16)17/h4,8H,1,5-6,12H2,2-3H3,(H,16,17)(H2,13,14,15,18)/t8-/m0/s1. The molecule has 0 spiro atoms. The normalized spacial score (nSPS) is 12.4. The molecule has 0 aromatic rings. The number of rotatable bonds is 7. The van der Waals surface area contributed by atoms with E-state index in [1.165, 1.54) is 6.08 Å². The van der Waals surface area contributed by atoms with Crippen molar-refractivity contribution in [1.29, 1.82) is 0 Å². The van der Waals surface area contributed by atoms with Gasteiger partial charge in [0.15, 0.2) is 0 Å². The second-order valence-electron chi connectivity index (χ2n) is 4.25. The quantitative estimate of drug-likeness (QED) is 0.486. The number of carboxylic acids is 1. The summed E-state index contributed by atoms with van der Waals surface area (Å²) in [6, 6.07) is -1.72. The highest BCUT2D eigenvalue weighted by Gasteiger charge is 2.33. The van der Waals surface area contributed by atoms with Crippen LogP contribution in [0.3, 0.4) is 0 Å². The molecule has 0 aromatic heterocycles. The number of hydrogen-bond acceptors (Lipinski definition) is 5. The Bertz CT molecular complexity index is 371. The fraction of sp³-hybridized carbons (Fsp3) is 0.545. The van der Waals surface area contributed by atoms with Gasteiger partial charge in [-0.1, -0.05) is 6.08 Å². The van der Waals surface area contributed by atoms with Crippen molar-refractivity contribution in [1.82, 2.24) is 10.6 Å². The van der Waals surface area contributed by atoms with Crippen LogP contribution in [-0.2, 0) is 9.59 Å². The van der Waals surface area contributed by atoms with Crippen molar-refractivity contribution in [3.8, 4) is 0 Å². The zero-order valence-corrected chi connectivity index (χ0v) is 11.8. The van der Waals surface area contributed by atoms with Crippen molar-refractivity contribution in [2.75, 3.05) is 12.3 Å². The predicted octanol–water partition coefficient (Wildman–Crippen LogP) is -0.0781. The maximum absolute atomic E-state index is 11.4. The lowest BCUT2D eigenvalue weighted by Gasteiger charge is -2.27. The summed E-state index contributed by atoms with van der Waals surface area (Å²) >= 11 is 1.07. The van der Waals surface area contributed by atoms with Crippen LogP contribution in [0.4, 0.5) is 4.79 Å². The molecule has 0 saturated carbocycles. The highest BCUT2D eigenvalue weighted by Crippen LogP contribution is 2.27. The van der Waals surface area contributed by atoms with Gasteiger partial charge in [-0.05, 0) is 13.8 Å². The van der Waals surface area contributed by atoms with Crippen molar-refractivity contribution in [3.05, 3.63) is 12.7 Å². The molecule has 0 bridgehead atoms. The zero-order chi connectivity index (χ0) is 15.1. The number of carboxylic acid groups (broad SMARTS) is 1. The van der Waals surface area contributed by atoms with Crippen LogP contribution in [0.1, 0.15) is 13.8 Å². The van der Waals surface area contributed by atoms with Gasteiger partial charge >= 0.3 is 12.0 Å². The number of thioether (sulfide) groups is 1. The van der Waals surface area contributed by atoms with Crippen molar-refractivity contribution >= 4 is 29.7 Å². The number of amides is 3. The van der Waals surface area contributed by atoms with E-state index in [-0.39, 0.29) is 12.3 Å². The lowest BCUT2D eigenvalue weighted by atomic mass is 10.1. The van der Waals surface area contributed by atoms with Crippen molar-refractivity contribution in [2.24, 2.45) is 5.73 Å². The second kappa shape index (κ2) is 7.80. The fourth-order valence-corrected chi connectivity index (χ4v) is 1.87. The number of aliphatic carboxylic acids is 1. The first-order valence-corrected chi connectivity index (χ1v) is 6.50. The van der Waals surface area contributed by atoms with Crippen LogP contribution in [0.2, 0.25) is 0 Å². The first-order valence-electron chi connectivity index (χ1n) is 5.51. The fourth-order valence-electron chi connectivity index (χ4n) is 1.01. The molecular formula is C11H19N3O4S. The number of carbonyl (C=O) groups excluding carboxylic acids is 2. The van der Waals surface area contributed by atoms with E-state index in [1.54, 1.807) is 13.8 Å². The molecule has 0 aliphatic carbocycles. The van der Waals surface area contributed by atoms with Gasteiger partial charge in [-0.2, -0.15) is 0 Å². The lowest BCUT2D eigenvalue weighted by Crippen LogP contribution is -2.48. The number of urea groups is 1. The van der Waals surface area contributed by atoms with Gasteiger partial charge < -0.3 is 16.2 Å². The third-order valence-electron chi connectivity index (χ3n) is 2.25. The van der Waals surface area contributed by atoms with Crippen molar-refractivity contribution in [3.63, 3.8) is 0 Å². The monoisotopic (exact) mass is 289 g/mol. The molecule has 5 N–H and O–H groups in total. The summed E-state index contributed by atoms with van der Waals surface area (Å²) in [4.78, 5) is 33.4. The molecular weight excluding hydrogens is 270 g/mol. The van der Waals surface area contributed by atoms with Crippen LogP contribution in [0.15, 0.2) is 12.7 Å². The molecule has 0 heterocycles. The van der Waals surface area contributed by atoms with Gasteiger partial charge in [-0.25, -0.2) is 4.79 Å². The minimum Gasteiger partial charge on any atom is -0.480 e. The van der Waals surface area contributed by atoms with Gasteiger partial charge in [0.1, 0.15) is 6.04 Å². The number of hydrogen-bond donors (Lipinski definition) is 4. The summed E-state index contributed by atoms with van der Waals surface area (Å²) in [7, 11) is 0. The van der Waals surface area contributed by atoms with Crippen LogP contribution in [0.25, 0.3) is 0 Å². The van der Waals surface area contributed by atoms with E-state index in [4.69, 9.17) is 10.8 Å². The summed E-state index contributed by atoms with van der Waals surface area (Å²) in [5.74, 6) is -1.71. The number of imide groups is 1. The molecule has 0 aliphatic rings. The Labute approximate surface area is 116 Å². The van der Waals surface area contributed by atoms with Gasteiger partial charge in [0.25, 0.3) is 0 Å². The molecule has 0 saturated heterocycles. The van der Waals surface area contributed by atoms with Crippen molar-refractivity contribution < 1.29 is 19.5 Å². The summed E-state index contributed by atoms with van der Waals surface area (Å²) in [5.41, 5.74) is 5.51. The molecule has 7 nitrogen and oxygen atoms in total. The lowest BCUT2D eigenvalue weighted by molar-refractivity contribution is -0.139. The molecule has 1 atom stereocenters. The Morgan fingerprint density at radius 3 is 2.53 bits per heavy atom. The Kier molecular flexibility index (Phi) is 7.17. The van der Waals surface area contributed by atoms with E-state index in [2.05, 4.69) is 17.2 Å². The molecule has 0 fully saturated rings. The molecule has 0 aliphatic heterocycles. The van der Waals surface area contributed by atoms with Gasteiger partial charge in [0.2, 0.25) is 5.91 Å². The smallest absolute Gasteiger partial charge is 0.321 e. The molecule has 0 rings (SSSR count). The number of carbonyl (C=O) groups is 3. The molecule has 3 amide bonds. The largest absolute Gasteiger partial charge is 0.480 e. The third kappa shape index (κ3) is 6.82. The molecule has 8 heteroatoms. The van der Waals surface area contributed by atoms with E-state index in [1.807, 2.05) is 0 Å². The SMILES string of the molecule is C=CCNC(=O)NC(=O)CSC(C)(C)[C@@H](N)C(=O)O. The second-order valence-corrected chi connectivity index (χ2v) is 5.88. The summed E-state index contributed by atoms with van der Waals surface area (Å²) < 4.78 is -0.819. The van der Waals surface area contributed by atoms with Crippen LogP contribution < -0.4 is 16.4 Å². The first kappa shape index (κ1) is 17.5. The van der Waals surface area contributed by atoms with Gasteiger partial charge in [0, 0.05) is 11.3 Å². The van der Waals surface area contributed by atoms with Crippen LogP contribution in [0, 0.1) is 0 Å². The topological polar surface area (TPSA) is 122 Å². The molecule has 19 heavy (non-hydrogen) atoms. The average Bonchev–Trinajstić information content (AvgIpc) is 2.32. The molecule has 108 valence electrons. The number of nitrogens with two attached hydrogens (primary N) is 1. The zero-order valence-electron chi connectivity index (χ0n) is 10.9. The molecule has 0 radical (unpaired) electrons. The maximum Gasteiger partial charge on any atom is 0.321 e. The third-order valence-corrected chi connectivity index (χ3v) is 3.65. The van der Waals surface area contributed by atoms with Gasteiger partial charge in [-0.3, -0.25) is 14.9 Å². The first-order chi connectivity index (χ1) is 8.70. The molecule has 0 unspecified atom stereocenters. The minimum absolute atomic E-state index is 0.0600. The van der Waals surface area contributed by atoms with Crippen LogP contribution in [0.5, 0.6) is 0 Å². The maximum atomic E-state index is 11.4. The number of nitrogens with one attached hydrogen (secondary N) is 2. The Morgan fingerprint density at radius 1 is 1.47 bits per heavy atom. The Balaban J connectivity index is 4.18. The Hall–Kier alpha value is -1.54. The van der Waals surface area contributed by atoms with Crippen molar-refractivity contribution in [2.45, 2.75) is 24.6 Å². The Morgan fingerprint density at radius 2 is 2.05 bits per heavy atom. The van der Waals surface area contributed by atoms with Crippen LogP contribution in [-0.4, -0.2) is 46.1 Å². The average molecular weight is 289 g/mol. The highest BCUT2D eigenvalue weighted by molar-refractivity contribution is 8.01.